The molecular weight excluding hydrogens is 200 g/mol. The number of aromatic nitrogens is 2. The summed E-state index contributed by atoms with van der Waals surface area (Å²) in [4.78, 5) is 11.6. The lowest BCUT2D eigenvalue weighted by atomic mass is 9.77. The molecular formula is C8H12N4OS. The van der Waals surface area contributed by atoms with Crippen LogP contribution in [-0.2, 0) is 4.79 Å². The first-order valence-corrected chi connectivity index (χ1v) is 5.32. The van der Waals surface area contributed by atoms with E-state index < -0.39 is 5.54 Å². The van der Waals surface area contributed by atoms with Crippen LogP contribution in [0.15, 0.2) is 0 Å². The molecule has 0 radical (unpaired) electrons. The number of aryl methyl sites for hydroxylation is 1. The quantitative estimate of drug-likeness (QED) is 0.754. The molecule has 1 aliphatic rings. The molecule has 0 spiro atoms. The summed E-state index contributed by atoms with van der Waals surface area (Å²) in [6.07, 6.45) is 2.55. The van der Waals surface area contributed by atoms with E-state index in [2.05, 4.69) is 15.5 Å². The van der Waals surface area contributed by atoms with Crippen molar-refractivity contribution in [3.63, 3.8) is 0 Å². The number of hydrogen-bond donors (Lipinski definition) is 2. The predicted octanol–water partition coefficient (Wildman–Crippen LogP) is 0.666. The van der Waals surface area contributed by atoms with Crippen molar-refractivity contribution < 1.29 is 4.79 Å². The first-order chi connectivity index (χ1) is 6.60. The van der Waals surface area contributed by atoms with Gasteiger partial charge in [-0.05, 0) is 26.2 Å². The Morgan fingerprint density at radius 1 is 1.57 bits per heavy atom. The Hall–Kier alpha value is -1.01. The van der Waals surface area contributed by atoms with E-state index in [1.54, 1.807) is 0 Å². The highest BCUT2D eigenvalue weighted by atomic mass is 32.1. The number of rotatable bonds is 2. The molecule has 1 fully saturated rings. The zero-order valence-corrected chi connectivity index (χ0v) is 8.73. The summed E-state index contributed by atoms with van der Waals surface area (Å²) in [5, 5.41) is 11.7. The molecule has 1 aromatic heterocycles. The van der Waals surface area contributed by atoms with E-state index in [4.69, 9.17) is 5.73 Å². The Balaban J connectivity index is 2.01. The first-order valence-electron chi connectivity index (χ1n) is 4.51. The van der Waals surface area contributed by atoms with Gasteiger partial charge in [0.05, 0.1) is 5.54 Å². The Morgan fingerprint density at radius 2 is 2.29 bits per heavy atom. The van der Waals surface area contributed by atoms with Crippen molar-refractivity contribution >= 4 is 22.4 Å². The van der Waals surface area contributed by atoms with Gasteiger partial charge in [0.1, 0.15) is 5.01 Å². The average molecular weight is 212 g/mol. The van der Waals surface area contributed by atoms with Crippen LogP contribution >= 0.6 is 11.3 Å². The van der Waals surface area contributed by atoms with Crippen molar-refractivity contribution in [1.82, 2.24) is 10.2 Å². The van der Waals surface area contributed by atoms with Gasteiger partial charge in [0, 0.05) is 0 Å². The summed E-state index contributed by atoms with van der Waals surface area (Å²) in [6.45, 7) is 1.84. The number of nitrogens with two attached hydrogens (primary N) is 1. The molecule has 1 aliphatic carbocycles. The van der Waals surface area contributed by atoms with Crippen molar-refractivity contribution in [2.45, 2.75) is 31.7 Å². The van der Waals surface area contributed by atoms with Crippen LogP contribution in [0, 0.1) is 6.92 Å². The second kappa shape index (κ2) is 3.29. The van der Waals surface area contributed by atoms with Gasteiger partial charge in [0.25, 0.3) is 0 Å². The van der Waals surface area contributed by atoms with E-state index in [-0.39, 0.29) is 5.91 Å². The fourth-order valence-corrected chi connectivity index (χ4v) is 1.94. The van der Waals surface area contributed by atoms with Gasteiger partial charge in [0.15, 0.2) is 0 Å². The van der Waals surface area contributed by atoms with Crippen molar-refractivity contribution in [3.05, 3.63) is 5.01 Å². The summed E-state index contributed by atoms with van der Waals surface area (Å²) in [5.74, 6) is -0.139. The van der Waals surface area contributed by atoms with Crippen LogP contribution in [0.1, 0.15) is 24.3 Å². The van der Waals surface area contributed by atoms with Crippen LogP contribution in [0.5, 0.6) is 0 Å². The predicted molar refractivity (Wildman–Crippen MR) is 54.0 cm³/mol. The molecule has 14 heavy (non-hydrogen) atoms. The minimum atomic E-state index is -0.667. The van der Waals surface area contributed by atoms with Crippen molar-refractivity contribution in [3.8, 4) is 0 Å². The molecule has 6 heteroatoms. The lowest BCUT2D eigenvalue weighted by molar-refractivity contribution is -0.123. The highest BCUT2D eigenvalue weighted by molar-refractivity contribution is 7.15. The molecule has 3 N–H and O–H groups in total. The Bertz CT molecular complexity index is 358. The zero-order valence-electron chi connectivity index (χ0n) is 7.91. The molecule has 1 aromatic rings. The van der Waals surface area contributed by atoms with Crippen LogP contribution in [0.3, 0.4) is 0 Å². The number of hydrogen-bond acceptors (Lipinski definition) is 5. The van der Waals surface area contributed by atoms with Crippen LogP contribution < -0.4 is 11.1 Å². The second-order valence-corrected chi connectivity index (χ2v) is 4.77. The molecule has 0 aromatic carbocycles. The third kappa shape index (κ3) is 1.62. The molecule has 0 saturated heterocycles. The third-order valence-electron chi connectivity index (χ3n) is 2.44. The van der Waals surface area contributed by atoms with Crippen LogP contribution in [-0.4, -0.2) is 21.6 Å². The van der Waals surface area contributed by atoms with Crippen LogP contribution in [0.25, 0.3) is 0 Å². The minimum Gasteiger partial charge on any atom is -0.317 e. The monoisotopic (exact) mass is 212 g/mol. The van der Waals surface area contributed by atoms with Gasteiger partial charge in [-0.2, -0.15) is 0 Å². The van der Waals surface area contributed by atoms with Crippen molar-refractivity contribution in [2.75, 3.05) is 5.32 Å². The molecule has 1 saturated carbocycles. The third-order valence-corrected chi connectivity index (χ3v) is 3.20. The Labute approximate surface area is 85.7 Å². The largest absolute Gasteiger partial charge is 0.317 e. The molecule has 0 bridgehead atoms. The van der Waals surface area contributed by atoms with E-state index in [0.29, 0.717) is 5.13 Å². The fourth-order valence-electron chi connectivity index (χ4n) is 1.35. The van der Waals surface area contributed by atoms with Crippen LogP contribution in [0.4, 0.5) is 5.13 Å². The van der Waals surface area contributed by atoms with Crippen molar-refractivity contribution in [2.24, 2.45) is 5.73 Å². The fraction of sp³-hybridized carbons (Fsp3) is 0.625. The van der Waals surface area contributed by atoms with E-state index in [1.165, 1.54) is 11.3 Å². The number of nitrogens with zero attached hydrogens (tertiary/aromatic N) is 2. The van der Waals surface area contributed by atoms with Gasteiger partial charge in [-0.3, -0.25) is 10.1 Å². The maximum Gasteiger partial charge on any atom is 0.246 e. The molecule has 1 heterocycles. The maximum absolute atomic E-state index is 11.6. The van der Waals surface area contributed by atoms with Gasteiger partial charge in [0.2, 0.25) is 11.0 Å². The lowest BCUT2D eigenvalue weighted by Crippen LogP contribution is -2.56. The second-order valence-electron chi connectivity index (χ2n) is 3.59. The van der Waals surface area contributed by atoms with Crippen molar-refractivity contribution in [1.29, 1.82) is 0 Å². The molecule has 0 atom stereocenters. The van der Waals surface area contributed by atoms with E-state index in [9.17, 15) is 4.79 Å². The smallest absolute Gasteiger partial charge is 0.246 e. The van der Waals surface area contributed by atoms with Gasteiger partial charge >= 0.3 is 0 Å². The Kier molecular flexibility index (Phi) is 2.24. The highest BCUT2D eigenvalue weighted by Gasteiger charge is 2.40. The summed E-state index contributed by atoms with van der Waals surface area (Å²) < 4.78 is 0. The normalized spacial score (nSPS) is 18.7. The summed E-state index contributed by atoms with van der Waals surface area (Å²) in [6, 6.07) is 0. The standard InChI is InChI=1S/C8H12N4OS/c1-5-11-12-7(14-5)10-6(13)8(9)3-2-4-8/h2-4,9H2,1H3,(H,10,12,13). The number of carbonyl (C=O) groups excluding carboxylic acids is 1. The molecule has 5 nitrogen and oxygen atoms in total. The number of carbonyl (C=O) groups is 1. The SMILES string of the molecule is Cc1nnc(NC(=O)C2(N)CCC2)s1. The molecule has 1 amide bonds. The van der Waals surface area contributed by atoms with E-state index >= 15 is 0 Å². The molecule has 0 aliphatic heterocycles. The topological polar surface area (TPSA) is 80.9 Å². The Morgan fingerprint density at radius 3 is 2.71 bits per heavy atom. The first kappa shape index (κ1) is 9.54. The van der Waals surface area contributed by atoms with E-state index in [0.717, 1.165) is 24.3 Å². The maximum atomic E-state index is 11.6. The van der Waals surface area contributed by atoms with Crippen LogP contribution in [0.2, 0.25) is 0 Å². The molecule has 0 unspecified atom stereocenters. The molecule has 2 rings (SSSR count). The van der Waals surface area contributed by atoms with Gasteiger partial charge in [-0.1, -0.05) is 11.3 Å². The lowest BCUT2D eigenvalue weighted by Gasteiger charge is -2.35. The zero-order chi connectivity index (χ0) is 10.2. The van der Waals surface area contributed by atoms with E-state index in [1.807, 2.05) is 6.92 Å². The number of anilines is 1. The van der Waals surface area contributed by atoms with Gasteiger partial charge in [-0.15, -0.1) is 10.2 Å². The number of amides is 1. The summed E-state index contributed by atoms with van der Waals surface area (Å²) >= 11 is 1.36. The summed E-state index contributed by atoms with van der Waals surface area (Å²) in [5.41, 5.74) is 5.18. The number of nitrogens with one attached hydrogen (secondary N) is 1. The summed E-state index contributed by atoms with van der Waals surface area (Å²) in [7, 11) is 0. The average Bonchev–Trinajstić information content (AvgIpc) is 2.47. The highest BCUT2D eigenvalue weighted by Crippen LogP contribution is 2.30. The van der Waals surface area contributed by atoms with Gasteiger partial charge < -0.3 is 5.73 Å². The molecule has 76 valence electrons. The minimum absolute atomic E-state index is 0.139. The van der Waals surface area contributed by atoms with Gasteiger partial charge in [-0.25, -0.2) is 0 Å².